The molecule has 1 amide bonds. The number of halogens is 1. The maximum Gasteiger partial charge on any atom is 0.226 e. The minimum absolute atomic E-state index is 0.00884. The summed E-state index contributed by atoms with van der Waals surface area (Å²) in [6, 6.07) is 7.70. The predicted octanol–water partition coefficient (Wildman–Crippen LogP) is 2.66. The lowest BCUT2D eigenvalue weighted by atomic mass is 10.3. The highest BCUT2D eigenvalue weighted by Gasteiger charge is 2.01. The van der Waals surface area contributed by atoms with Gasteiger partial charge in [0.1, 0.15) is 0 Å². The van der Waals surface area contributed by atoms with E-state index in [-0.39, 0.29) is 5.91 Å². The van der Waals surface area contributed by atoms with E-state index in [4.69, 9.17) is 4.74 Å². The van der Waals surface area contributed by atoms with E-state index >= 15 is 0 Å². The first-order chi connectivity index (χ1) is 7.22. The topological polar surface area (TPSA) is 38.3 Å². The molecule has 82 valence electrons. The van der Waals surface area contributed by atoms with Crippen LogP contribution in [0.4, 0.5) is 5.69 Å². The molecule has 0 aliphatic carbocycles. The minimum Gasteiger partial charge on any atom is -0.381 e. The van der Waals surface area contributed by atoms with E-state index in [9.17, 15) is 4.79 Å². The Morgan fingerprint density at radius 2 is 2.33 bits per heavy atom. The molecular formula is C11H14INO2. The quantitative estimate of drug-likeness (QED) is 0.669. The third kappa shape index (κ3) is 5.13. The van der Waals surface area contributed by atoms with E-state index in [0.29, 0.717) is 19.6 Å². The largest absolute Gasteiger partial charge is 0.381 e. The Balaban J connectivity index is 2.37. The molecule has 0 unspecified atom stereocenters. The Bertz CT molecular complexity index is 328. The Hall–Kier alpha value is -0.620. The van der Waals surface area contributed by atoms with Crippen molar-refractivity contribution < 1.29 is 9.53 Å². The molecule has 1 rings (SSSR count). The minimum atomic E-state index is -0.00884. The molecule has 0 saturated heterocycles. The summed E-state index contributed by atoms with van der Waals surface area (Å²) in [6.45, 7) is 3.04. The van der Waals surface area contributed by atoms with Gasteiger partial charge in [-0.1, -0.05) is 6.07 Å². The zero-order valence-corrected chi connectivity index (χ0v) is 10.8. The summed E-state index contributed by atoms with van der Waals surface area (Å²) in [6.07, 6.45) is 0.402. The first kappa shape index (κ1) is 12.4. The fraction of sp³-hybridized carbons (Fsp3) is 0.364. The van der Waals surface area contributed by atoms with E-state index < -0.39 is 0 Å². The predicted molar refractivity (Wildman–Crippen MR) is 68.9 cm³/mol. The van der Waals surface area contributed by atoms with Crippen molar-refractivity contribution >= 4 is 34.2 Å². The van der Waals surface area contributed by atoms with Gasteiger partial charge in [0.05, 0.1) is 13.0 Å². The van der Waals surface area contributed by atoms with Gasteiger partial charge in [-0.05, 0) is 47.7 Å². The smallest absolute Gasteiger partial charge is 0.226 e. The third-order valence-corrected chi connectivity index (χ3v) is 2.46. The van der Waals surface area contributed by atoms with Crippen molar-refractivity contribution in [1.82, 2.24) is 0 Å². The molecule has 1 aromatic rings. The summed E-state index contributed by atoms with van der Waals surface area (Å²) in [4.78, 5) is 11.4. The van der Waals surface area contributed by atoms with Crippen LogP contribution in [0.25, 0.3) is 0 Å². The lowest BCUT2D eigenvalue weighted by Gasteiger charge is -2.05. The van der Waals surface area contributed by atoms with Gasteiger partial charge in [0.15, 0.2) is 0 Å². The van der Waals surface area contributed by atoms with Crippen LogP contribution in [0.2, 0.25) is 0 Å². The van der Waals surface area contributed by atoms with E-state index in [1.807, 2.05) is 31.2 Å². The van der Waals surface area contributed by atoms with Crippen molar-refractivity contribution in [3.63, 3.8) is 0 Å². The van der Waals surface area contributed by atoms with Crippen LogP contribution in [0, 0.1) is 3.57 Å². The summed E-state index contributed by atoms with van der Waals surface area (Å²) in [5.74, 6) is -0.00884. The molecule has 4 heteroatoms. The second kappa shape index (κ2) is 6.79. The highest BCUT2D eigenvalue weighted by Crippen LogP contribution is 2.12. The Kier molecular flexibility index (Phi) is 5.63. The molecule has 0 aliphatic heterocycles. The van der Waals surface area contributed by atoms with Crippen molar-refractivity contribution in [2.24, 2.45) is 0 Å². The molecule has 1 N–H and O–H groups in total. The fourth-order valence-corrected chi connectivity index (χ4v) is 1.64. The Labute approximate surface area is 103 Å². The molecular weight excluding hydrogens is 305 g/mol. The number of carbonyl (C=O) groups excluding carboxylic acids is 1. The van der Waals surface area contributed by atoms with Crippen LogP contribution in [0.3, 0.4) is 0 Å². The number of ether oxygens (including phenoxy) is 1. The molecule has 3 nitrogen and oxygen atoms in total. The standard InChI is InChI=1S/C11H14INO2/c1-2-15-7-6-11(14)13-10-5-3-4-9(12)8-10/h3-5,8H,2,6-7H2,1H3,(H,13,14). The molecule has 0 radical (unpaired) electrons. The van der Waals surface area contributed by atoms with E-state index in [0.717, 1.165) is 9.26 Å². The van der Waals surface area contributed by atoms with Crippen LogP contribution < -0.4 is 5.32 Å². The summed E-state index contributed by atoms with van der Waals surface area (Å²) in [5.41, 5.74) is 0.836. The fourth-order valence-electron chi connectivity index (χ4n) is 1.10. The maximum atomic E-state index is 11.4. The van der Waals surface area contributed by atoms with Gasteiger partial charge in [-0.2, -0.15) is 0 Å². The van der Waals surface area contributed by atoms with Crippen LogP contribution in [0.15, 0.2) is 24.3 Å². The van der Waals surface area contributed by atoms with Gasteiger partial charge in [-0.25, -0.2) is 0 Å². The zero-order valence-electron chi connectivity index (χ0n) is 8.63. The van der Waals surface area contributed by atoms with E-state index in [2.05, 4.69) is 27.9 Å². The second-order valence-corrected chi connectivity index (χ2v) is 4.25. The second-order valence-electron chi connectivity index (χ2n) is 3.01. The summed E-state index contributed by atoms with van der Waals surface area (Å²) in [5, 5.41) is 2.82. The number of hydrogen-bond acceptors (Lipinski definition) is 2. The van der Waals surface area contributed by atoms with Gasteiger partial charge in [0.25, 0.3) is 0 Å². The number of carbonyl (C=O) groups is 1. The van der Waals surface area contributed by atoms with Gasteiger partial charge in [-0.3, -0.25) is 4.79 Å². The third-order valence-electron chi connectivity index (χ3n) is 1.79. The number of nitrogens with one attached hydrogen (secondary N) is 1. The van der Waals surface area contributed by atoms with Crippen molar-refractivity contribution in [3.05, 3.63) is 27.8 Å². The highest BCUT2D eigenvalue weighted by molar-refractivity contribution is 14.1. The molecule has 0 spiro atoms. The van der Waals surface area contributed by atoms with E-state index in [1.54, 1.807) is 0 Å². The molecule has 0 fully saturated rings. The van der Waals surface area contributed by atoms with Crippen molar-refractivity contribution in [3.8, 4) is 0 Å². The Morgan fingerprint density at radius 1 is 1.53 bits per heavy atom. The van der Waals surface area contributed by atoms with Crippen LogP contribution in [0.5, 0.6) is 0 Å². The van der Waals surface area contributed by atoms with Gasteiger partial charge in [0.2, 0.25) is 5.91 Å². The normalized spacial score (nSPS) is 10.0. The molecule has 0 aromatic heterocycles. The summed E-state index contributed by atoms with van der Waals surface area (Å²) < 4.78 is 6.21. The van der Waals surface area contributed by atoms with Crippen LogP contribution >= 0.6 is 22.6 Å². The van der Waals surface area contributed by atoms with Crippen LogP contribution in [-0.2, 0) is 9.53 Å². The monoisotopic (exact) mass is 319 g/mol. The van der Waals surface area contributed by atoms with Gasteiger partial charge in [0, 0.05) is 15.9 Å². The van der Waals surface area contributed by atoms with Gasteiger partial charge in [-0.15, -0.1) is 0 Å². The van der Waals surface area contributed by atoms with Gasteiger partial charge < -0.3 is 10.1 Å². The highest BCUT2D eigenvalue weighted by atomic mass is 127. The number of benzene rings is 1. The number of anilines is 1. The summed E-state index contributed by atoms with van der Waals surface area (Å²) >= 11 is 2.21. The van der Waals surface area contributed by atoms with Gasteiger partial charge >= 0.3 is 0 Å². The lowest BCUT2D eigenvalue weighted by molar-refractivity contribution is -0.117. The number of rotatable bonds is 5. The molecule has 0 atom stereocenters. The maximum absolute atomic E-state index is 11.4. The molecule has 1 aromatic carbocycles. The molecule has 15 heavy (non-hydrogen) atoms. The first-order valence-electron chi connectivity index (χ1n) is 4.85. The lowest BCUT2D eigenvalue weighted by Crippen LogP contribution is -2.14. The summed E-state index contributed by atoms with van der Waals surface area (Å²) in [7, 11) is 0. The SMILES string of the molecule is CCOCCC(=O)Nc1cccc(I)c1. The molecule has 0 bridgehead atoms. The number of amides is 1. The van der Waals surface area contributed by atoms with Crippen LogP contribution in [-0.4, -0.2) is 19.1 Å². The van der Waals surface area contributed by atoms with Crippen molar-refractivity contribution in [2.45, 2.75) is 13.3 Å². The van der Waals surface area contributed by atoms with E-state index in [1.165, 1.54) is 0 Å². The van der Waals surface area contributed by atoms with Crippen molar-refractivity contribution in [1.29, 1.82) is 0 Å². The zero-order chi connectivity index (χ0) is 11.1. The molecule has 0 saturated carbocycles. The molecule has 0 heterocycles. The van der Waals surface area contributed by atoms with Crippen molar-refractivity contribution in [2.75, 3.05) is 18.5 Å². The average molecular weight is 319 g/mol. The molecule has 0 aliphatic rings. The first-order valence-corrected chi connectivity index (χ1v) is 5.93. The number of hydrogen-bond donors (Lipinski definition) is 1. The average Bonchev–Trinajstić information content (AvgIpc) is 2.18. The Morgan fingerprint density at radius 3 is 3.00 bits per heavy atom. The van der Waals surface area contributed by atoms with Crippen LogP contribution in [0.1, 0.15) is 13.3 Å².